The highest BCUT2D eigenvalue weighted by Crippen LogP contribution is 2.18. The summed E-state index contributed by atoms with van der Waals surface area (Å²) in [6.45, 7) is 2.15. The minimum absolute atomic E-state index is 0.302. The maximum absolute atomic E-state index is 13.3. The van der Waals surface area contributed by atoms with Crippen LogP contribution in [-0.2, 0) is 13.7 Å². The number of nitrogens with zero attached hydrogens (tertiary/aromatic N) is 2. The number of rotatable bonds is 5. The van der Waals surface area contributed by atoms with Crippen LogP contribution in [0.1, 0.15) is 21.7 Å². The molecule has 0 saturated heterocycles. The highest BCUT2D eigenvalue weighted by molar-refractivity contribution is 6.04. The third kappa shape index (κ3) is 4.03. The predicted octanol–water partition coefficient (Wildman–Crippen LogP) is 3.70. The van der Waals surface area contributed by atoms with E-state index in [9.17, 15) is 9.18 Å². The van der Waals surface area contributed by atoms with E-state index < -0.39 is 0 Å². The third-order valence-electron chi connectivity index (χ3n) is 3.85. The van der Waals surface area contributed by atoms with E-state index in [1.807, 2.05) is 24.7 Å². The fraction of sp³-hybridized carbons (Fsp3) is 0.158. The largest absolute Gasteiger partial charge is 0.486 e. The van der Waals surface area contributed by atoms with Crippen molar-refractivity contribution in [1.82, 2.24) is 9.55 Å². The van der Waals surface area contributed by atoms with Crippen LogP contribution in [0.4, 0.5) is 10.1 Å². The monoisotopic (exact) mass is 339 g/mol. The van der Waals surface area contributed by atoms with E-state index in [1.165, 1.54) is 12.1 Å². The van der Waals surface area contributed by atoms with E-state index in [4.69, 9.17) is 4.74 Å². The molecule has 0 aliphatic carbocycles. The van der Waals surface area contributed by atoms with Gasteiger partial charge in [0.15, 0.2) is 0 Å². The van der Waals surface area contributed by atoms with Crippen molar-refractivity contribution in [3.63, 3.8) is 0 Å². The van der Waals surface area contributed by atoms with Crippen LogP contribution in [0.15, 0.2) is 54.9 Å². The number of anilines is 1. The lowest BCUT2D eigenvalue weighted by Gasteiger charge is -2.10. The van der Waals surface area contributed by atoms with Crippen molar-refractivity contribution >= 4 is 11.6 Å². The van der Waals surface area contributed by atoms with Crippen LogP contribution < -0.4 is 10.1 Å². The summed E-state index contributed by atoms with van der Waals surface area (Å²) in [5.74, 6) is 0.758. The van der Waals surface area contributed by atoms with Gasteiger partial charge in [-0.25, -0.2) is 9.37 Å². The molecule has 1 aromatic heterocycles. The van der Waals surface area contributed by atoms with E-state index >= 15 is 0 Å². The predicted molar refractivity (Wildman–Crippen MR) is 93.1 cm³/mol. The average molecular weight is 339 g/mol. The van der Waals surface area contributed by atoms with Crippen molar-refractivity contribution in [3.05, 3.63) is 77.6 Å². The van der Waals surface area contributed by atoms with E-state index in [1.54, 1.807) is 36.5 Å². The van der Waals surface area contributed by atoms with Crippen LogP contribution in [0.25, 0.3) is 0 Å². The zero-order valence-electron chi connectivity index (χ0n) is 14.0. The molecule has 0 unspecified atom stereocenters. The molecule has 0 bridgehead atoms. The highest BCUT2D eigenvalue weighted by Gasteiger charge is 2.09. The number of benzene rings is 2. The smallest absolute Gasteiger partial charge is 0.255 e. The number of hydrogen-bond acceptors (Lipinski definition) is 3. The SMILES string of the molecule is Cc1ccc(F)cc1NC(=O)c1ccc(OCc2nccn2C)cc1. The summed E-state index contributed by atoms with van der Waals surface area (Å²) < 4.78 is 20.8. The van der Waals surface area contributed by atoms with Crippen LogP contribution in [0.3, 0.4) is 0 Å². The molecule has 0 saturated carbocycles. The van der Waals surface area contributed by atoms with Gasteiger partial charge in [-0.05, 0) is 48.9 Å². The maximum atomic E-state index is 13.3. The number of amides is 1. The fourth-order valence-corrected chi connectivity index (χ4v) is 2.31. The van der Waals surface area contributed by atoms with Gasteiger partial charge >= 0.3 is 0 Å². The van der Waals surface area contributed by atoms with Crippen molar-refractivity contribution in [2.24, 2.45) is 7.05 Å². The second-order valence-electron chi connectivity index (χ2n) is 5.68. The van der Waals surface area contributed by atoms with Gasteiger partial charge < -0.3 is 14.6 Å². The van der Waals surface area contributed by atoms with Gasteiger partial charge in [0.1, 0.15) is 24.0 Å². The van der Waals surface area contributed by atoms with Crippen molar-refractivity contribution in [2.45, 2.75) is 13.5 Å². The first-order valence-corrected chi connectivity index (χ1v) is 7.79. The van der Waals surface area contributed by atoms with E-state index in [-0.39, 0.29) is 11.7 Å². The van der Waals surface area contributed by atoms with Crippen molar-refractivity contribution < 1.29 is 13.9 Å². The molecule has 128 valence electrons. The van der Waals surface area contributed by atoms with Crippen molar-refractivity contribution in [2.75, 3.05) is 5.32 Å². The first-order valence-electron chi connectivity index (χ1n) is 7.79. The Bertz CT molecular complexity index is 888. The Morgan fingerprint density at radius 1 is 1.24 bits per heavy atom. The molecule has 3 rings (SSSR count). The lowest BCUT2D eigenvalue weighted by Crippen LogP contribution is -2.13. The number of aryl methyl sites for hydroxylation is 2. The van der Waals surface area contributed by atoms with Crippen LogP contribution in [0.5, 0.6) is 5.75 Å². The lowest BCUT2D eigenvalue weighted by molar-refractivity contribution is 0.102. The summed E-state index contributed by atoms with van der Waals surface area (Å²) in [7, 11) is 1.90. The molecule has 2 aromatic carbocycles. The molecule has 3 aromatic rings. The highest BCUT2D eigenvalue weighted by atomic mass is 19.1. The Labute approximate surface area is 145 Å². The zero-order valence-corrected chi connectivity index (χ0v) is 14.0. The van der Waals surface area contributed by atoms with Gasteiger partial charge in [0, 0.05) is 30.7 Å². The number of ether oxygens (including phenoxy) is 1. The lowest BCUT2D eigenvalue weighted by atomic mass is 10.1. The van der Waals surface area contributed by atoms with E-state index in [0.29, 0.717) is 23.6 Å². The molecule has 6 heteroatoms. The average Bonchev–Trinajstić information content (AvgIpc) is 3.02. The standard InChI is InChI=1S/C19H18FN3O2/c1-13-3-6-15(20)11-17(13)22-19(24)14-4-7-16(8-5-14)25-12-18-21-9-10-23(18)2/h3-11H,12H2,1-2H3,(H,22,24). The van der Waals surface area contributed by atoms with Crippen molar-refractivity contribution in [3.8, 4) is 5.75 Å². The Hall–Kier alpha value is -3.15. The summed E-state index contributed by atoms with van der Waals surface area (Å²) >= 11 is 0. The number of carbonyl (C=O) groups excluding carboxylic acids is 1. The Morgan fingerprint density at radius 3 is 2.68 bits per heavy atom. The van der Waals surface area contributed by atoms with Crippen LogP contribution in [-0.4, -0.2) is 15.5 Å². The molecule has 0 atom stereocenters. The van der Waals surface area contributed by atoms with Gasteiger partial charge in [-0.1, -0.05) is 6.07 Å². The molecular formula is C19H18FN3O2. The quantitative estimate of drug-likeness (QED) is 0.771. The zero-order chi connectivity index (χ0) is 17.8. The topological polar surface area (TPSA) is 56.1 Å². The summed E-state index contributed by atoms with van der Waals surface area (Å²) in [5.41, 5.74) is 1.72. The number of hydrogen-bond donors (Lipinski definition) is 1. The van der Waals surface area contributed by atoms with Crippen LogP contribution >= 0.6 is 0 Å². The van der Waals surface area contributed by atoms with Crippen LogP contribution in [0, 0.1) is 12.7 Å². The second-order valence-corrected chi connectivity index (χ2v) is 5.68. The number of imidazole rings is 1. The summed E-state index contributed by atoms with van der Waals surface area (Å²) in [5, 5.41) is 2.72. The molecule has 5 nitrogen and oxygen atoms in total. The first-order chi connectivity index (χ1) is 12.0. The number of aromatic nitrogens is 2. The van der Waals surface area contributed by atoms with E-state index in [0.717, 1.165) is 11.4 Å². The summed E-state index contributed by atoms with van der Waals surface area (Å²) in [6.07, 6.45) is 3.56. The second kappa shape index (κ2) is 7.17. The van der Waals surface area contributed by atoms with Crippen LogP contribution in [0.2, 0.25) is 0 Å². The summed E-state index contributed by atoms with van der Waals surface area (Å²) in [6, 6.07) is 11.1. The fourth-order valence-electron chi connectivity index (χ4n) is 2.31. The maximum Gasteiger partial charge on any atom is 0.255 e. The van der Waals surface area contributed by atoms with E-state index in [2.05, 4.69) is 10.3 Å². The minimum Gasteiger partial charge on any atom is -0.486 e. The Balaban J connectivity index is 1.64. The molecule has 1 amide bonds. The molecule has 1 heterocycles. The molecule has 0 radical (unpaired) electrons. The minimum atomic E-state index is -0.390. The Kier molecular flexibility index (Phi) is 4.79. The first kappa shape index (κ1) is 16.7. The van der Waals surface area contributed by atoms with Gasteiger partial charge in [-0.15, -0.1) is 0 Å². The third-order valence-corrected chi connectivity index (χ3v) is 3.85. The molecule has 1 N–H and O–H groups in total. The Morgan fingerprint density at radius 2 is 2.00 bits per heavy atom. The summed E-state index contributed by atoms with van der Waals surface area (Å²) in [4.78, 5) is 16.5. The molecule has 0 aliphatic rings. The molecule has 0 fully saturated rings. The van der Waals surface area contributed by atoms with Gasteiger partial charge in [-0.2, -0.15) is 0 Å². The van der Waals surface area contributed by atoms with Gasteiger partial charge in [0.2, 0.25) is 0 Å². The van der Waals surface area contributed by atoms with Crippen molar-refractivity contribution in [1.29, 1.82) is 0 Å². The number of carbonyl (C=O) groups is 1. The number of nitrogens with one attached hydrogen (secondary N) is 1. The van der Waals surface area contributed by atoms with Gasteiger partial charge in [0.05, 0.1) is 0 Å². The molecule has 25 heavy (non-hydrogen) atoms. The molecular weight excluding hydrogens is 321 g/mol. The molecule has 0 spiro atoms. The van der Waals surface area contributed by atoms with Gasteiger partial charge in [-0.3, -0.25) is 4.79 Å². The normalized spacial score (nSPS) is 10.5. The number of halogens is 1. The molecule has 0 aliphatic heterocycles. The van der Waals surface area contributed by atoms with Gasteiger partial charge in [0.25, 0.3) is 5.91 Å².